The zero-order valence-corrected chi connectivity index (χ0v) is 9.32. The number of nitrogen functional groups attached to an aromatic ring is 1. The van der Waals surface area contributed by atoms with Crippen molar-refractivity contribution in [2.24, 2.45) is 5.84 Å². The number of aromatic nitrogens is 2. The van der Waals surface area contributed by atoms with Gasteiger partial charge in [-0.15, -0.1) is 0 Å². The summed E-state index contributed by atoms with van der Waals surface area (Å²) in [6.07, 6.45) is 7.33. The molecular formula is C10H19N5O. The minimum Gasteiger partial charge on any atom is -0.396 e. The van der Waals surface area contributed by atoms with Crippen molar-refractivity contribution in [3.63, 3.8) is 0 Å². The monoisotopic (exact) mass is 225 g/mol. The highest BCUT2D eigenvalue weighted by Crippen LogP contribution is 2.06. The van der Waals surface area contributed by atoms with Crippen LogP contribution >= 0.6 is 0 Å². The normalized spacial score (nSPS) is 10.1. The molecule has 0 aromatic carbocycles. The molecule has 16 heavy (non-hydrogen) atoms. The second-order valence-corrected chi connectivity index (χ2v) is 3.50. The molecule has 1 rings (SSSR count). The number of aliphatic hydroxyl groups is 1. The molecule has 0 fully saturated rings. The largest absolute Gasteiger partial charge is 0.396 e. The Morgan fingerprint density at radius 3 is 2.62 bits per heavy atom. The molecule has 0 atom stereocenters. The fraction of sp³-hybridized carbons (Fsp3) is 0.600. The Morgan fingerprint density at radius 1 is 1.12 bits per heavy atom. The van der Waals surface area contributed by atoms with E-state index in [9.17, 15) is 0 Å². The standard InChI is InChI=1S/C10H19N5O/c11-15-10-8-12-7-9(14-10)13-5-3-1-2-4-6-16/h7-8,16H,1-6,11H2,(H2,13,14,15). The molecule has 1 aromatic heterocycles. The lowest BCUT2D eigenvalue weighted by atomic mass is 10.2. The Bertz CT molecular complexity index is 294. The molecule has 0 aliphatic rings. The zero-order chi connectivity index (χ0) is 11.6. The van der Waals surface area contributed by atoms with E-state index in [0.717, 1.165) is 38.0 Å². The summed E-state index contributed by atoms with van der Waals surface area (Å²) in [6, 6.07) is 0. The minimum atomic E-state index is 0.281. The van der Waals surface area contributed by atoms with Gasteiger partial charge < -0.3 is 15.8 Å². The first-order chi connectivity index (χ1) is 7.86. The summed E-state index contributed by atoms with van der Waals surface area (Å²) in [6.45, 7) is 1.14. The van der Waals surface area contributed by atoms with Gasteiger partial charge in [0.25, 0.3) is 0 Å². The molecule has 0 saturated heterocycles. The molecule has 0 amide bonds. The third-order valence-corrected chi connectivity index (χ3v) is 2.17. The van der Waals surface area contributed by atoms with E-state index in [1.807, 2.05) is 0 Å². The number of aliphatic hydroxyl groups excluding tert-OH is 1. The molecule has 1 heterocycles. The van der Waals surface area contributed by atoms with Gasteiger partial charge in [-0.3, -0.25) is 4.98 Å². The first kappa shape index (κ1) is 12.7. The van der Waals surface area contributed by atoms with Crippen molar-refractivity contribution in [1.29, 1.82) is 0 Å². The average molecular weight is 225 g/mol. The molecule has 0 aliphatic heterocycles. The SMILES string of the molecule is NNc1cncc(NCCCCCCO)n1. The Hall–Kier alpha value is -1.40. The summed E-state index contributed by atoms with van der Waals surface area (Å²) in [4.78, 5) is 8.16. The van der Waals surface area contributed by atoms with Gasteiger partial charge in [-0.1, -0.05) is 12.8 Å². The number of nitrogens with zero attached hydrogens (tertiary/aromatic N) is 2. The van der Waals surface area contributed by atoms with Crippen LogP contribution in [0.4, 0.5) is 11.6 Å². The van der Waals surface area contributed by atoms with Crippen LogP contribution in [0.15, 0.2) is 12.4 Å². The average Bonchev–Trinajstić information content (AvgIpc) is 2.34. The van der Waals surface area contributed by atoms with Crippen LogP contribution in [0.2, 0.25) is 0 Å². The molecule has 0 bridgehead atoms. The van der Waals surface area contributed by atoms with Crippen LogP contribution in [-0.2, 0) is 0 Å². The van der Waals surface area contributed by atoms with Crippen molar-refractivity contribution in [2.75, 3.05) is 23.9 Å². The number of hydrogen-bond acceptors (Lipinski definition) is 6. The molecule has 0 aliphatic carbocycles. The van der Waals surface area contributed by atoms with Crippen LogP contribution < -0.4 is 16.6 Å². The maximum absolute atomic E-state index is 8.61. The van der Waals surface area contributed by atoms with E-state index >= 15 is 0 Å². The van der Waals surface area contributed by atoms with Gasteiger partial charge in [-0.2, -0.15) is 0 Å². The fourth-order valence-corrected chi connectivity index (χ4v) is 1.33. The third-order valence-electron chi connectivity index (χ3n) is 2.17. The first-order valence-corrected chi connectivity index (χ1v) is 5.50. The van der Waals surface area contributed by atoms with Gasteiger partial charge in [-0.25, -0.2) is 10.8 Å². The highest BCUT2D eigenvalue weighted by Gasteiger charge is 1.96. The lowest BCUT2D eigenvalue weighted by Crippen LogP contribution is -2.11. The van der Waals surface area contributed by atoms with E-state index in [2.05, 4.69) is 20.7 Å². The summed E-state index contributed by atoms with van der Waals surface area (Å²) in [5.41, 5.74) is 2.44. The van der Waals surface area contributed by atoms with Gasteiger partial charge in [0, 0.05) is 13.2 Å². The molecule has 0 unspecified atom stereocenters. The van der Waals surface area contributed by atoms with Crippen LogP contribution in [0.3, 0.4) is 0 Å². The van der Waals surface area contributed by atoms with Crippen molar-refractivity contribution in [2.45, 2.75) is 25.7 Å². The Morgan fingerprint density at radius 2 is 1.88 bits per heavy atom. The molecular weight excluding hydrogens is 206 g/mol. The lowest BCUT2D eigenvalue weighted by molar-refractivity contribution is 0.283. The van der Waals surface area contributed by atoms with E-state index < -0.39 is 0 Å². The zero-order valence-electron chi connectivity index (χ0n) is 9.32. The summed E-state index contributed by atoms with van der Waals surface area (Å²) in [5, 5.41) is 11.8. The second-order valence-electron chi connectivity index (χ2n) is 3.50. The lowest BCUT2D eigenvalue weighted by Gasteiger charge is -2.06. The molecule has 6 heteroatoms. The van der Waals surface area contributed by atoms with Gasteiger partial charge in [0.2, 0.25) is 0 Å². The van der Waals surface area contributed by atoms with Gasteiger partial charge in [0.05, 0.1) is 12.4 Å². The highest BCUT2D eigenvalue weighted by atomic mass is 16.2. The predicted octanol–water partition coefficient (Wildman–Crippen LogP) is 0.727. The molecule has 6 nitrogen and oxygen atoms in total. The van der Waals surface area contributed by atoms with Crippen molar-refractivity contribution in [3.05, 3.63) is 12.4 Å². The fourth-order valence-electron chi connectivity index (χ4n) is 1.33. The van der Waals surface area contributed by atoms with Crippen molar-refractivity contribution < 1.29 is 5.11 Å². The number of anilines is 2. The van der Waals surface area contributed by atoms with Crippen molar-refractivity contribution >= 4 is 11.6 Å². The number of hydrazine groups is 1. The molecule has 5 N–H and O–H groups in total. The minimum absolute atomic E-state index is 0.281. The van der Waals surface area contributed by atoms with Crippen LogP contribution in [0.5, 0.6) is 0 Å². The van der Waals surface area contributed by atoms with Gasteiger partial charge >= 0.3 is 0 Å². The second kappa shape index (κ2) is 7.84. The van der Waals surface area contributed by atoms with Gasteiger partial charge in [-0.05, 0) is 12.8 Å². The molecule has 0 radical (unpaired) electrons. The molecule has 0 saturated carbocycles. The van der Waals surface area contributed by atoms with E-state index in [1.54, 1.807) is 12.4 Å². The van der Waals surface area contributed by atoms with E-state index in [4.69, 9.17) is 10.9 Å². The van der Waals surface area contributed by atoms with Crippen LogP contribution in [0, 0.1) is 0 Å². The highest BCUT2D eigenvalue weighted by molar-refractivity contribution is 5.40. The van der Waals surface area contributed by atoms with Crippen LogP contribution in [0.1, 0.15) is 25.7 Å². The quantitative estimate of drug-likeness (QED) is 0.296. The number of unbranched alkanes of at least 4 members (excludes halogenated alkanes) is 3. The molecule has 1 aromatic rings. The first-order valence-electron chi connectivity index (χ1n) is 5.50. The van der Waals surface area contributed by atoms with Crippen LogP contribution in [0.25, 0.3) is 0 Å². The Labute approximate surface area is 95.3 Å². The smallest absolute Gasteiger partial charge is 0.160 e. The maximum Gasteiger partial charge on any atom is 0.160 e. The Balaban J connectivity index is 2.16. The number of rotatable bonds is 8. The van der Waals surface area contributed by atoms with E-state index in [0.29, 0.717) is 5.82 Å². The molecule has 90 valence electrons. The van der Waals surface area contributed by atoms with Crippen LogP contribution in [-0.4, -0.2) is 28.2 Å². The number of nitrogens with one attached hydrogen (secondary N) is 2. The Kier molecular flexibility index (Phi) is 6.20. The topological polar surface area (TPSA) is 96.1 Å². The summed E-state index contributed by atoms with van der Waals surface area (Å²) in [7, 11) is 0. The van der Waals surface area contributed by atoms with Gasteiger partial charge in [0.1, 0.15) is 5.82 Å². The van der Waals surface area contributed by atoms with Gasteiger partial charge in [0.15, 0.2) is 5.82 Å². The summed E-state index contributed by atoms with van der Waals surface area (Å²) in [5.74, 6) is 6.49. The number of nitrogens with two attached hydrogens (primary N) is 1. The summed E-state index contributed by atoms with van der Waals surface area (Å²) >= 11 is 0. The van der Waals surface area contributed by atoms with E-state index in [1.165, 1.54) is 0 Å². The summed E-state index contributed by atoms with van der Waals surface area (Å²) < 4.78 is 0. The molecule has 0 spiro atoms. The predicted molar refractivity (Wildman–Crippen MR) is 63.9 cm³/mol. The van der Waals surface area contributed by atoms with Crippen molar-refractivity contribution in [1.82, 2.24) is 9.97 Å². The van der Waals surface area contributed by atoms with E-state index in [-0.39, 0.29) is 6.61 Å². The third kappa shape index (κ3) is 4.90. The number of hydrogen-bond donors (Lipinski definition) is 4. The maximum atomic E-state index is 8.61. The van der Waals surface area contributed by atoms with Crippen molar-refractivity contribution in [3.8, 4) is 0 Å².